The van der Waals surface area contributed by atoms with Gasteiger partial charge in [0.25, 0.3) is 0 Å². The molecule has 1 aliphatic rings. The van der Waals surface area contributed by atoms with Gasteiger partial charge in [-0.2, -0.15) is 0 Å². The molecule has 4 unspecified atom stereocenters. The van der Waals surface area contributed by atoms with Crippen LogP contribution < -0.4 is 16.4 Å². The predicted molar refractivity (Wildman–Crippen MR) is 96.4 cm³/mol. The highest BCUT2D eigenvalue weighted by Gasteiger charge is 2.38. The van der Waals surface area contributed by atoms with Crippen LogP contribution in [0.15, 0.2) is 0 Å². The number of hydrogen-bond acceptors (Lipinski definition) is 6. The number of carbonyl (C=O) groups is 4. The van der Waals surface area contributed by atoms with E-state index in [0.29, 0.717) is 19.4 Å². The van der Waals surface area contributed by atoms with E-state index in [-0.39, 0.29) is 12.3 Å². The molecule has 154 valence electrons. The average Bonchev–Trinajstić information content (AvgIpc) is 3.08. The maximum absolute atomic E-state index is 12.6. The fourth-order valence-corrected chi connectivity index (χ4v) is 2.98. The summed E-state index contributed by atoms with van der Waals surface area (Å²) >= 11 is 0. The number of aliphatic carboxylic acids is 1. The van der Waals surface area contributed by atoms with Crippen LogP contribution in [0.25, 0.3) is 0 Å². The Morgan fingerprint density at radius 3 is 2.33 bits per heavy atom. The van der Waals surface area contributed by atoms with E-state index in [9.17, 15) is 24.3 Å². The molecule has 0 aromatic rings. The fourth-order valence-electron chi connectivity index (χ4n) is 2.98. The van der Waals surface area contributed by atoms with Crippen LogP contribution in [0.2, 0.25) is 0 Å². The summed E-state index contributed by atoms with van der Waals surface area (Å²) < 4.78 is 0. The maximum atomic E-state index is 12.6. The molecule has 0 aromatic carbocycles. The normalized spacial score (nSPS) is 20.1. The lowest BCUT2D eigenvalue weighted by molar-refractivity contribution is -0.145. The van der Waals surface area contributed by atoms with Crippen LogP contribution in [0, 0.1) is 5.92 Å². The van der Waals surface area contributed by atoms with Crippen molar-refractivity contribution in [3.05, 3.63) is 0 Å². The van der Waals surface area contributed by atoms with E-state index in [1.807, 2.05) is 13.8 Å². The van der Waals surface area contributed by atoms with Crippen molar-refractivity contribution in [3.8, 4) is 0 Å². The maximum Gasteiger partial charge on any atom is 0.326 e. The highest BCUT2D eigenvalue weighted by molar-refractivity contribution is 5.94. The lowest BCUT2D eigenvalue weighted by Gasteiger charge is -2.28. The van der Waals surface area contributed by atoms with Gasteiger partial charge in [-0.05, 0) is 32.1 Å². The third kappa shape index (κ3) is 6.47. The van der Waals surface area contributed by atoms with Crippen molar-refractivity contribution < 1.29 is 29.4 Å². The van der Waals surface area contributed by atoms with Gasteiger partial charge in [-0.1, -0.05) is 13.8 Å². The standard InChI is InChI=1S/C17H30N4O6/c1-9(2)7-12(17(26)27)20-15(24)13-5-4-6-21(13)16(25)10(3)19-14(23)11(18)8-22/h9-13,22H,4-8,18H2,1-3H3,(H,19,23)(H,20,24)(H,26,27). The van der Waals surface area contributed by atoms with Crippen LogP contribution in [0.5, 0.6) is 0 Å². The molecule has 6 N–H and O–H groups in total. The molecular formula is C17H30N4O6. The first-order valence-electron chi connectivity index (χ1n) is 9.08. The number of aliphatic hydroxyl groups is 1. The summed E-state index contributed by atoms with van der Waals surface area (Å²) in [6.45, 7) is 4.97. The van der Waals surface area contributed by atoms with Crippen molar-refractivity contribution >= 4 is 23.7 Å². The van der Waals surface area contributed by atoms with E-state index in [1.54, 1.807) is 0 Å². The van der Waals surface area contributed by atoms with Crippen LogP contribution >= 0.6 is 0 Å². The molecule has 1 saturated heterocycles. The Morgan fingerprint density at radius 1 is 1.19 bits per heavy atom. The zero-order chi connectivity index (χ0) is 20.7. The minimum absolute atomic E-state index is 0.0821. The van der Waals surface area contributed by atoms with Gasteiger partial charge >= 0.3 is 5.97 Å². The van der Waals surface area contributed by atoms with E-state index in [1.165, 1.54) is 11.8 Å². The second kappa shape index (κ2) is 10.2. The predicted octanol–water partition coefficient (Wildman–Crippen LogP) is -1.58. The number of rotatable bonds is 9. The van der Waals surface area contributed by atoms with Crippen molar-refractivity contribution in [3.63, 3.8) is 0 Å². The van der Waals surface area contributed by atoms with Gasteiger partial charge in [0, 0.05) is 6.54 Å². The van der Waals surface area contributed by atoms with E-state index >= 15 is 0 Å². The summed E-state index contributed by atoms with van der Waals surface area (Å²) in [5.74, 6) is -2.67. The summed E-state index contributed by atoms with van der Waals surface area (Å²) in [6.07, 6.45) is 1.30. The molecule has 1 heterocycles. The van der Waals surface area contributed by atoms with E-state index in [0.717, 1.165) is 0 Å². The second-order valence-electron chi connectivity index (χ2n) is 7.24. The molecule has 0 bridgehead atoms. The minimum atomic E-state index is -1.13. The Kier molecular flexibility index (Phi) is 8.64. The zero-order valence-electron chi connectivity index (χ0n) is 16.0. The van der Waals surface area contributed by atoms with Crippen LogP contribution in [-0.2, 0) is 19.2 Å². The van der Waals surface area contributed by atoms with Gasteiger partial charge in [0.05, 0.1) is 6.61 Å². The topological polar surface area (TPSA) is 162 Å². The number of nitrogens with zero attached hydrogens (tertiary/aromatic N) is 1. The molecule has 0 aliphatic carbocycles. The quantitative estimate of drug-likeness (QED) is 0.319. The molecule has 0 radical (unpaired) electrons. The molecule has 0 aromatic heterocycles. The van der Waals surface area contributed by atoms with Gasteiger partial charge in [0.2, 0.25) is 17.7 Å². The molecule has 1 fully saturated rings. The van der Waals surface area contributed by atoms with Crippen LogP contribution in [-0.4, -0.2) is 76.1 Å². The molecule has 1 aliphatic heterocycles. The Balaban J connectivity index is 2.75. The third-order valence-electron chi connectivity index (χ3n) is 4.42. The summed E-state index contributed by atoms with van der Waals surface area (Å²) in [4.78, 5) is 49.6. The highest BCUT2D eigenvalue weighted by atomic mass is 16.4. The zero-order valence-corrected chi connectivity index (χ0v) is 16.0. The number of hydrogen-bond donors (Lipinski definition) is 5. The summed E-state index contributed by atoms with van der Waals surface area (Å²) in [5.41, 5.74) is 5.41. The Morgan fingerprint density at radius 2 is 1.81 bits per heavy atom. The largest absolute Gasteiger partial charge is 0.480 e. The number of nitrogens with two attached hydrogens (primary N) is 1. The number of likely N-dealkylation sites (tertiary alicyclic amines) is 1. The number of carboxylic acids is 1. The van der Waals surface area contributed by atoms with Crippen LogP contribution in [0.4, 0.5) is 0 Å². The molecule has 3 amide bonds. The Labute approximate surface area is 158 Å². The lowest BCUT2D eigenvalue weighted by atomic mass is 10.0. The van der Waals surface area contributed by atoms with Crippen LogP contribution in [0.1, 0.15) is 40.0 Å². The van der Waals surface area contributed by atoms with E-state index in [4.69, 9.17) is 10.8 Å². The number of carbonyl (C=O) groups excluding carboxylic acids is 3. The van der Waals surface area contributed by atoms with Crippen molar-refractivity contribution in [2.45, 2.75) is 64.2 Å². The first-order chi connectivity index (χ1) is 12.6. The number of aliphatic hydroxyl groups excluding tert-OH is 1. The molecule has 10 nitrogen and oxygen atoms in total. The van der Waals surface area contributed by atoms with E-state index in [2.05, 4.69) is 10.6 Å². The molecule has 0 spiro atoms. The van der Waals surface area contributed by atoms with Gasteiger partial charge in [0.15, 0.2) is 0 Å². The fraction of sp³-hybridized carbons (Fsp3) is 0.765. The third-order valence-corrected chi connectivity index (χ3v) is 4.42. The number of carboxylic acid groups (broad SMARTS) is 1. The highest BCUT2D eigenvalue weighted by Crippen LogP contribution is 2.19. The summed E-state index contributed by atoms with van der Waals surface area (Å²) in [6, 6.07) is -3.85. The van der Waals surface area contributed by atoms with Crippen molar-refractivity contribution in [2.24, 2.45) is 11.7 Å². The molecule has 10 heteroatoms. The van der Waals surface area contributed by atoms with Crippen molar-refractivity contribution in [1.82, 2.24) is 15.5 Å². The first-order valence-corrected chi connectivity index (χ1v) is 9.08. The number of amides is 3. The smallest absolute Gasteiger partial charge is 0.326 e. The number of nitrogens with one attached hydrogen (secondary N) is 2. The van der Waals surface area contributed by atoms with Gasteiger partial charge < -0.3 is 31.5 Å². The van der Waals surface area contributed by atoms with Gasteiger partial charge in [-0.25, -0.2) is 4.79 Å². The minimum Gasteiger partial charge on any atom is -0.480 e. The first kappa shape index (κ1) is 22.8. The Bertz CT molecular complexity index is 568. The molecule has 1 rings (SSSR count). The Hall–Kier alpha value is -2.20. The van der Waals surface area contributed by atoms with Crippen molar-refractivity contribution in [1.29, 1.82) is 0 Å². The molecule has 27 heavy (non-hydrogen) atoms. The molecular weight excluding hydrogens is 356 g/mol. The summed E-state index contributed by atoms with van der Waals surface area (Å²) in [5, 5.41) is 23.1. The van der Waals surface area contributed by atoms with Crippen molar-refractivity contribution in [2.75, 3.05) is 13.2 Å². The van der Waals surface area contributed by atoms with Crippen LogP contribution in [0.3, 0.4) is 0 Å². The van der Waals surface area contributed by atoms with Gasteiger partial charge in [0.1, 0.15) is 24.2 Å². The van der Waals surface area contributed by atoms with E-state index < -0.39 is 54.5 Å². The lowest BCUT2D eigenvalue weighted by Crippen LogP contribution is -2.56. The average molecular weight is 386 g/mol. The summed E-state index contributed by atoms with van der Waals surface area (Å²) in [7, 11) is 0. The second-order valence-corrected chi connectivity index (χ2v) is 7.24. The van der Waals surface area contributed by atoms with Gasteiger partial charge in [-0.15, -0.1) is 0 Å². The SMILES string of the molecule is CC(C)CC(NC(=O)C1CCCN1C(=O)C(C)NC(=O)C(N)CO)C(=O)O. The molecule has 0 saturated carbocycles. The monoisotopic (exact) mass is 386 g/mol. The molecule has 4 atom stereocenters. The van der Waals surface area contributed by atoms with Gasteiger partial charge in [-0.3, -0.25) is 14.4 Å².